The number of nitrogens with zero attached hydrogens (tertiary/aromatic N) is 5. The summed E-state index contributed by atoms with van der Waals surface area (Å²) in [5.41, 5.74) is 4.05. The molecule has 3 aromatic rings. The maximum atomic E-state index is 13.6. The molecule has 6 N–H and O–H groups in total. The van der Waals surface area contributed by atoms with Crippen LogP contribution in [0.5, 0.6) is 0 Å². The fourth-order valence-electron chi connectivity index (χ4n) is 6.07. The van der Waals surface area contributed by atoms with Crippen LogP contribution in [-0.4, -0.2) is 91.3 Å². The average Bonchev–Trinajstić information content (AvgIpc) is 3.41. The molecule has 0 spiro atoms. The molecular weight excluding hydrogens is 685 g/mol. The van der Waals surface area contributed by atoms with Crippen molar-refractivity contribution >= 4 is 41.6 Å². The third-order valence-electron chi connectivity index (χ3n) is 8.58. The molecule has 0 radical (unpaired) electrons. The van der Waals surface area contributed by atoms with Crippen molar-refractivity contribution in [1.82, 2.24) is 34.9 Å². The number of anilines is 1. The van der Waals surface area contributed by atoms with Gasteiger partial charge in [-0.2, -0.15) is 18.3 Å². The summed E-state index contributed by atoms with van der Waals surface area (Å²) in [5.74, 6) is -1.20. The lowest BCUT2D eigenvalue weighted by atomic mass is 9.88. The Labute approximate surface area is 279 Å². The van der Waals surface area contributed by atoms with E-state index in [2.05, 4.69) is 26.0 Å². The van der Waals surface area contributed by atoms with Gasteiger partial charge in [0.15, 0.2) is 11.5 Å². The molecule has 1 unspecified atom stereocenters. The van der Waals surface area contributed by atoms with Crippen molar-refractivity contribution in [2.45, 2.75) is 50.1 Å². The number of amides is 4. The number of benzene rings is 1. The number of hydrogen-bond donors (Lipinski definition) is 5. The number of imidazole rings is 1. The zero-order valence-corrected chi connectivity index (χ0v) is 26.4. The number of carbonyl (C=O) groups excluding carboxylic acids is 3. The number of urea groups is 1. The van der Waals surface area contributed by atoms with Gasteiger partial charge in [0.05, 0.1) is 28.0 Å². The Morgan fingerprint density at radius 3 is 2.37 bits per heavy atom. The summed E-state index contributed by atoms with van der Waals surface area (Å²) in [6.45, 7) is -0.231. The van der Waals surface area contributed by atoms with E-state index < -0.39 is 42.2 Å². The summed E-state index contributed by atoms with van der Waals surface area (Å²) in [6.07, 6.45) is -4.50. The lowest BCUT2D eigenvalue weighted by molar-refractivity contribution is -0.141. The fourth-order valence-corrected chi connectivity index (χ4v) is 6.34. The first-order chi connectivity index (χ1) is 23.1. The molecule has 1 aliphatic heterocycles. The van der Waals surface area contributed by atoms with Gasteiger partial charge in [-0.3, -0.25) is 19.1 Å². The van der Waals surface area contributed by atoms with E-state index in [0.29, 0.717) is 17.8 Å². The molecule has 3 heterocycles. The number of fused-ring (bicyclic) bond motifs is 1. The van der Waals surface area contributed by atoms with Crippen molar-refractivity contribution < 1.29 is 46.2 Å². The third-order valence-corrected chi connectivity index (χ3v) is 8.89. The highest BCUT2D eigenvalue weighted by molar-refractivity contribution is 6.34. The first-order valence-corrected chi connectivity index (χ1v) is 15.2. The van der Waals surface area contributed by atoms with E-state index in [1.165, 1.54) is 25.2 Å². The topological polar surface area (TPSA) is 190 Å². The van der Waals surface area contributed by atoms with Crippen LogP contribution in [0.3, 0.4) is 0 Å². The molecule has 1 aromatic carbocycles. The average molecular weight is 716 g/mol. The smallest absolute Gasteiger partial charge is 0.435 e. The number of carboxylic acid groups (broad SMARTS) is 1. The normalized spacial score (nSPS) is 22.4. The Kier molecular flexibility index (Phi) is 10.1. The van der Waals surface area contributed by atoms with Crippen LogP contribution < -0.4 is 21.7 Å². The van der Waals surface area contributed by atoms with Crippen LogP contribution in [0.2, 0.25) is 5.02 Å². The summed E-state index contributed by atoms with van der Waals surface area (Å²) in [4.78, 5) is 52.4. The Hall–Kier alpha value is -4.78. The molecule has 264 valence electrons. The quantitative estimate of drug-likeness (QED) is 0.174. The second kappa shape index (κ2) is 14.0. The highest BCUT2D eigenvalue weighted by Crippen LogP contribution is 2.46. The number of hydrogen-bond acceptors (Lipinski definition) is 7. The number of nitrogens with two attached hydrogens (primary N) is 1. The monoisotopic (exact) mass is 715 g/mol. The van der Waals surface area contributed by atoms with Gasteiger partial charge in [-0.15, -0.1) is 0 Å². The van der Waals surface area contributed by atoms with E-state index >= 15 is 0 Å². The standard InChI is InChI=1S/C28H29ClF5N9O3.CH2O2/c1-41-20(18-10-43(11-21(30)31)40-23(18)28(32,33)34)7-36-24(41)26(45)37-13-2-3-15(19(29)6-13)25(44)39-22-16-8-42(9-17(16)22)27(46)38-14-4-12(35)5-14;2-1-3/h2-3,6-7,10,12,14,16-17,21-22H,4-5,8-9,11,35H2,1H3,(H,37,45)(H,38,46)(H,39,44);1H,(H,2,3)/t12?,14?,16-,17+,22?;. The van der Waals surface area contributed by atoms with E-state index in [0.717, 1.165) is 29.8 Å². The molecule has 4 amide bonds. The Bertz CT molecular complexity index is 1730. The Balaban J connectivity index is 0.00000151. The molecule has 49 heavy (non-hydrogen) atoms. The third kappa shape index (κ3) is 7.77. The predicted molar refractivity (Wildman–Crippen MR) is 163 cm³/mol. The van der Waals surface area contributed by atoms with Crippen LogP contribution in [0, 0.1) is 11.8 Å². The van der Waals surface area contributed by atoms with Gasteiger partial charge < -0.3 is 36.3 Å². The second-order valence-electron chi connectivity index (χ2n) is 11.9. The summed E-state index contributed by atoms with van der Waals surface area (Å²) in [7, 11) is 1.30. The zero-order valence-electron chi connectivity index (χ0n) is 25.6. The van der Waals surface area contributed by atoms with Crippen molar-refractivity contribution in [2.24, 2.45) is 24.6 Å². The summed E-state index contributed by atoms with van der Waals surface area (Å²) >= 11 is 6.36. The largest absolute Gasteiger partial charge is 0.483 e. The highest BCUT2D eigenvalue weighted by atomic mass is 35.5. The van der Waals surface area contributed by atoms with Crippen molar-refractivity contribution in [3.8, 4) is 11.3 Å². The fraction of sp³-hybridized carbons (Fsp3) is 0.448. The number of aromatic nitrogens is 4. The minimum absolute atomic E-state index is 0.0441. The number of piperidine rings is 1. The molecule has 6 rings (SSSR count). The molecular formula is C29H31ClF5N9O5. The van der Waals surface area contributed by atoms with E-state index in [4.69, 9.17) is 27.2 Å². The van der Waals surface area contributed by atoms with Crippen molar-refractivity contribution in [2.75, 3.05) is 18.4 Å². The molecule has 20 heteroatoms. The van der Waals surface area contributed by atoms with Crippen molar-refractivity contribution in [3.05, 3.63) is 52.7 Å². The lowest BCUT2D eigenvalue weighted by Crippen LogP contribution is -2.54. The number of likely N-dealkylation sites (tertiary alicyclic amines) is 1. The van der Waals surface area contributed by atoms with Gasteiger partial charge in [0.1, 0.15) is 6.54 Å². The number of halogens is 6. The van der Waals surface area contributed by atoms with E-state index in [1.54, 1.807) is 4.90 Å². The first kappa shape index (κ1) is 35.5. The maximum absolute atomic E-state index is 13.6. The van der Waals surface area contributed by atoms with Crippen LogP contribution >= 0.6 is 11.6 Å². The van der Waals surface area contributed by atoms with Crippen LogP contribution in [0.25, 0.3) is 11.3 Å². The van der Waals surface area contributed by atoms with E-state index in [1.807, 2.05) is 0 Å². The van der Waals surface area contributed by atoms with Crippen LogP contribution in [0.4, 0.5) is 32.4 Å². The molecule has 1 saturated heterocycles. The van der Waals surface area contributed by atoms with Gasteiger partial charge in [-0.25, -0.2) is 18.6 Å². The summed E-state index contributed by atoms with van der Waals surface area (Å²) in [6, 6.07) is 4.23. The molecule has 3 fully saturated rings. The minimum Gasteiger partial charge on any atom is -0.483 e. The molecule has 2 saturated carbocycles. The van der Waals surface area contributed by atoms with Crippen molar-refractivity contribution in [3.63, 3.8) is 0 Å². The lowest BCUT2D eigenvalue weighted by Gasteiger charge is -2.34. The van der Waals surface area contributed by atoms with E-state index in [9.17, 15) is 36.3 Å². The van der Waals surface area contributed by atoms with Gasteiger partial charge in [-0.05, 0) is 31.0 Å². The van der Waals surface area contributed by atoms with Crippen LogP contribution in [0.1, 0.15) is 39.5 Å². The van der Waals surface area contributed by atoms with Gasteiger partial charge in [0.25, 0.3) is 24.7 Å². The van der Waals surface area contributed by atoms with Gasteiger partial charge >= 0.3 is 12.2 Å². The highest BCUT2D eigenvalue weighted by Gasteiger charge is 2.57. The first-order valence-electron chi connectivity index (χ1n) is 14.9. The van der Waals surface area contributed by atoms with E-state index in [-0.39, 0.29) is 70.3 Å². The molecule has 14 nitrogen and oxygen atoms in total. The van der Waals surface area contributed by atoms with Crippen LogP contribution in [-0.2, 0) is 24.6 Å². The van der Waals surface area contributed by atoms with Gasteiger partial charge in [0.2, 0.25) is 0 Å². The molecule has 2 aliphatic carbocycles. The zero-order chi connectivity index (χ0) is 35.8. The predicted octanol–water partition coefficient (Wildman–Crippen LogP) is 3.03. The SMILES string of the molecule is Cn1c(-c2cn(CC(F)F)nc2C(F)(F)F)cnc1C(=O)Nc1ccc(C(=O)NC2[C@H]3CN(C(=O)NC4CC(N)C4)C[C@@H]23)c(Cl)c1.O=CO. The van der Waals surface area contributed by atoms with Gasteiger partial charge in [0, 0.05) is 62.0 Å². The molecule has 3 atom stereocenters. The van der Waals surface area contributed by atoms with Gasteiger partial charge in [-0.1, -0.05) is 11.6 Å². The number of nitrogens with one attached hydrogen (secondary N) is 3. The van der Waals surface area contributed by atoms with Crippen molar-refractivity contribution in [1.29, 1.82) is 0 Å². The molecule has 2 aromatic heterocycles. The Morgan fingerprint density at radius 1 is 1.14 bits per heavy atom. The summed E-state index contributed by atoms with van der Waals surface area (Å²) < 4.78 is 68.0. The number of alkyl halides is 5. The van der Waals surface area contributed by atoms with Crippen LogP contribution in [0.15, 0.2) is 30.6 Å². The Morgan fingerprint density at radius 2 is 1.80 bits per heavy atom. The molecule has 0 bridgehead atoms. The number of carbonyl (C=O) groups is 4. The maximum Gasteiger partial charge on any atom is 0.435 e. The number of rotatable bonds is 8. The minimum atomic E-state index is -4.94. The second-order valence-corrected chi connectivity index (χ2v) is 12.3. The summed E-state index contributed by atoms with van der Waals surface area (Å²) in [5, 5.41) is 18.7. The molecule has 3 aliphatic rings.